The Morgan fingerprint density at radius 2 is 2.08 bits per heavy atom. The summed E-state index contributed by atoms with van der Waals surface area (Å²) in [4.78, 5) is 11.7. The molecule has 0 spiro atoms. The molecule has 1 aliphatic heterocycles. The van der Waals surface area contributed by atoms with E-state index in [1.807, 2.05) is 0 Å². The molecule has 6 heteroatoms. The van der Waals surface area contributed by atoms with Crippen LogP contribution in [0.25, 0.3) is 0 Å². The number of benzene rings is 1. The molecule has 0 bridgehead atoms. The minimum Gasteiger partial charge on any atom is -0.484 e. The summed E-state index contributed by atoms with van der Waals surface area (Å²) >= 11 is 6.10. The third-order valence-electron chi connectivity index (χ3n) is 5.03. The van der Waals surface area contributed by atoms with Crippen LogP contribution >= 0.6 is 11.6 Å². The number of allylic oxidation sites excluding steroid dienone is 2. The van der Waals surface area contributed by atoms with E-state index in [0.717, 1.165) is 0 Å². The van der Waals surface area contributed by atoms with Crippen LogP contribution in [0, 0.1) is 11.3 Å². The molecule has 126 valence electrons. The van der Waals surface area contributed by atoms with E-state index in [0.29, 0.717) is 35.4 Å². The van der Waals surface area contributed by atoms with Gasteiger partial charge in [0.2, 0.25) is 0 Å². The van der Waals surface area contributed by atoms with Gasteiger partial charge < -0.3 is 15.2 Å². The molecule has 2 unspecified atom stereocenters. The van der Waals surface area contributed by atoms with Gasteiger partial charge in [0, 0.05) is 17.7 Å². The first-order chi connectivity index (χ1) is 11.2. The van der Waals surface area contributed by atoms with Crippen molar-refractivity contribution in [1.82, 2.24) is 5.32 Å². The van der Waals surface area contributed by atoms with E-state index in [1.165, 1.54) is 0 Å². The number of nitrogens with one attached hydrogen (secondary N) is 1. The maximum absolute atomic E-state index is 11.7. The average Bonchev–Trinajstić information content (AvgIpc) is 2.83. The number of halogens is 1. The number of fused-ring (bicyclic) bond motifs is 1. The Hall–Kier alpha value is -2.03. The van der Waals surface area contributed by atoms with Gasteiger partial charge in [0.15, 0.2) is 5.78 Å². The summed E-state index contributed by atoms with van der Waals surface area (Å²) in [5.41, 5.74) is -0.388. The molecule has 2 N–H and O–H groups in total. The highest BCUT2D eigenvalue weighted by atomic mass is 35.5. The first-order valence-electron chi connectivity index (χ1n) is 7.81. The van der Waals surface area contributed by atoms with Crippen LogP contribution in [0.2, 0.25) is 0 Å². The Bertz CT molecular complexity index is 790. The van der Waals surface area contributed by atoms with Crippen molar-refractivity contribution in [3.63, 3.8) is 0 Å². The second-order valence-electron chi connectivity index (χ2n) is 6.92. The highest BCUT2D eigenvalue weighted by molar-refractivity contribution is 6.43. The zero-order valence-electron chi connectivity index (χ0n) is 13.8. The highest BCUT2D eigenvalue weighted by Crippen LogP contribution is 2.47. The van der Waals surface area contributed by atoms with Crippen LogP contribution in [-0.4, -0.2) is 22.1 Å². The van der Waals surface area contributed by atoms with E-state index in [9.17, 15) is 15.2 Å². The van der Waals surface area contributed by atoms with Crippen LogP contribution in [0.4, 0.5) is 0 Å². The van der Waals surface area contributed by atoms with Crippen LogP contribution in [0.15, 0.2) is 28.9 Å². The third-order valence-corrected chi connectivity index (χ3v) is 5.47. The predicted octanol–water partition coefficient (Wildman–Crippen LogP) is 2.92. The lowest BCUT2D eigenvalue weighted by Crippen LogP contribution is -2.61. The summed E-state index contributed by atoms with van der Waals surface area (Å²) in [5, 5.41) is 23.8. The lowest BCUT2D eigenvalue weighted by molar-refractivity contribution is -0.137. The molecule has 0 radical (unpaired) electrons. The molecule has 5 nitrogen and oxygen atoms in total. The van der Waals surface area contributed by atoms with E-state index < -0.39 is 17.2 Å². The number of nitriles is 1. The maximum atomic E-state index is 11.7. The van der Waals surface area contributed by atoms with Gasteiger partial charge in [0.1, 0.15) is 22.0 Å². The van der Waals surface area contributed by atoms with Crippen molar-refractivity contribution < 1.29 is 14.6 Å². The molecule has 1 aliphatic carbocycles. The number of nitrogens with zero attached hydrogens (tertiary/aromatic N) is 1. The van der Waals surface area contributed by atoms with Gasteiger partial charge in [0.05, 0.1) is 17.7 Å². The van der Waals surface area contributed by atoms with E-state index in [-0.39, 0.29) is 10.8 Å². The van der Waals surface area contributed by atoms with Crippen LogP contribution in [-0.2, 0) is 4.79 Å². The Kier molecular flexibility index (Phi) is 3.86. The molecular formula is C18H19ClN2O3. The van der Waals surface area contributed by atoms with Crippen LogP contribution in [0.1, 0.15) is 50.8 Å². The lowest BCUT2D eigenvalue weighted by atomic mass is 9.75. The number of ether oxygens (including phenoxy) is 1. The molecule has 1 aromatic rings. The van der Waals surface area contributed by atoms with Gasteiger partial charge in [-0.05, 0) is 45.4 Å². The number of ketones is 1. The van der Waals surface area contributed by atoms with Crippen molar-refractivity contribution >= 4 is 17.4 Å². The molecule has 2 aliphatic rings. The highest BCUT2D eigenvalue weighted by Gasteiger charge is 2.53. The topological polar surface area (TPSA) is 82.3 Å². The van der Waals surface area contributed by atoms with Gasteiger partial charge in [-0.2, -0.15) is 5.26 Å². The standard InChI is InChI=1S/C18H19ClN2O3/c1-17(2)18(3,23)16(21-12-5-6-13(22)15(12)19)11-8-10(9-20)4-7-14(11)24-17/h4,7-8,16,21,23H,5-6H2,1-3H3. The number of carbonyl (C=O) groups is 1. The minimum atomic E-state index is -1.29. The zero-order valence-corrected chi connectivity index (χ0v) is 14.6. The van der Waals surface area contributed by atoms with Crippen molar-refractivity contribution in [2.45, 2.75) is 50.9 Å². The van der Waals surface area contributed by atoms with Gasteiger partial charge in [-0.3, -0.25) is 4.79 Å². The Morgan fingerprint density at radius 3 is 2.67 bits per heavy atom. The van der Waals surface area contributed by atoms with Gasteiger partial charge in [-0.25, -0.2) is 0 Å². The predicted molar refractivity (Wildman–Crippen MR) is 89.5 cm³/mol. The van der Waals surface area contributed by atoms with Crippen molar-refractivity contribution in [3.05, 3.63) is 40.1 Å². The Balaban J connectivity index is 2.11. The number of hydrogen-bond acceptors (Lipinski definition) is 5. The number of carbonyl (C=O) groups excluding carboxylic acids is 1. The van der Waals surface area contributed by atoms with Gasteiger partial charge in [-0.1, -0.05) is 11.6 Å². The molecule has 0 saturated carbocycles. The summed E-state index contributed by atoms with van der Waals surface area (Å²) < 4.78 is 5.96. The summed E-state index contributed by atoms with van der Waals surface area (Å²) in [6.07, 6.45) is 0.875. The summed E-state index contributed by atoms with van der Waals surface area (Å²) in [6, 6.07) is 6.65. The maximum Gasteiger partial charge on any atom is 0.176 e. The molecular weight excluding hydrogens is 328 g/mol. The Morgan fingerprint density at radius 1 is 1.38 bits per heavy atom. The molecule has 24 heavy (non-hydrogen) atoms. The van der Waals surface area contributed by atoms with E-state index >= 15 is 0 Å². The summed E-state index contributed by atoms with van der Waals surface area (Å²) in [7, 11) is 0. The van der Waals surface area contributed by atoms with E-state index in [4.69, 9.17) is 16.3 Å². The fourth-order valence-corrected chi connectivity index (χ4v) is 3.36. The SMILES string of the molecule is CC1(C)Oc2ccc(C#N)cc2C(NC2=C(Cl)C(=O)CC2)C1(C)O. The largest absolute Gasteiger partial charge is 0.484 e. The van der Waals surface area contributed by atoms with Crippen molar-refractivity contribution in [3.8, 4) is 11.8 Å². The van der Waals surface area contributed by atoms with Crippen molar-refractivity contribution in [2.24, 2.45) is 0 Å². The molecule has 0 aromatic heterocycles. The first kappa shape index (κ1) is 16.8. The number of hydrogen-bond donors (Lipinski definition) is 2. The van der Waals surface area contributed by atoms with Crippen molar-refractivity contribution in [2.75, 3.05) is 0 Å². The first-order valence-corrected chi connectivity index (χ1v) is 8.19. The van der Waals surface area contributed by atoms with Gasteiger partial charge >= 0.3 is 0 Å². The van der Waals surface area contributed by atoms with Gasteiger partial charge in [-0.15, -0.1) is 0 Å². The monoisotopic (exact) mass is 346 g/mol. The number of aliphatic hydroxyl groups is 1. The summed E-state index contributed by atoms with van der Waals surface area (Å²) in [5.74, 6) is 0.500. The quantitative estimate of drug-likeness (QED) is 0.860. The minimum absolute atomic E-state index is 0.101. The van der Waals surface area contributed by atoms with Crippen LogP contribution in [0.3, 0.4) is 0 Å². The number of rotatable bonds is 2. The second kappa shape index (κ2) is 5.51. The zero-order chi connectivity index (χ0) is 17.7. The second-order valence-corrected chi connectivity index (χ2v) is 7.30. The molecule has 0 saturated heterocycles. The Labute approximate surface area is 145 Å². The normalized spacial score (nSPS) is 28.2. The molecule has 0 amide bonds. The van der Waals surface area contributed by atoms with E-state index in [2.05, 4.69) is 11.4 Å². The molecule has 3 rings (SSSR count). The van der Waals surface area contributed by atoms with Gasteiger partial charge in [0.25, 0.3) is 0 Å². The molecule has 1 aromatic carbocycles. The molecule has 0 fully saturated rings. The third kappa shape index (κ3) is 2.47. The average molecular weight is 347 g/mol. The fourth-order valence-electron chi connectivity index (χ4n) is 3.12. The van der Waals surface area contributed by atoms with Crippen LogP contribution < -0.4 is 10.1 Å². The number of Topliss-reactive ketones (excluding diaryl/α,β-unsaturated/α-hetero) is 1. The van der Waals surface area contributed by atoms with E-state index in [1.54, 1.807) is 39.0 Å². The molecule has 2 atom stereocenters. The lowest BCUT2D eigenvalue weighted by Gasteiger charge is -2.50. The smallest absolute Gasteiger partial charge is 0.176 e. The fraction of sp³-hybridized carbons (Fsp3) is 0.444. The molecule has 1 heterocycles. The van der Waals surface area contributed by atoms with Crippen molar-refractivity contribution in [1.29, 1.82) is 5.26 Å². The van der Waals surface area contributed by atoms with Crippen LogP contribution in [0.5, 0.6) is 5.75 Å². The summed E-state index contributed by atoms with van der Waals surface area (Å²) in [6.45, 7) is 5.29.